The van der Waals surface area contributed by atoms with E-state index in [0.717, 1.165) is 12.8 Å². The Morgan fingerprint density at radius 1 is 1.52 bits per heavy atom. The van der Waals surface area contributed by atoms with Crippen LogP contribution in [0.2, 0.25) is 0 Å². The number of carbonyl (C=O) groups is 1. The predicted octanol–water partition coefficient (Wildman–Crippen LogP) is 2.36. The molecule has 2 atom stereocenters. The number of anilines is 1. The van der Waals surface area contributed by atoms with Crippen LogP contribution in [0, 0.1) is 16.0 Å². The maximum Gasteiger partial charge on any atom is 0.372 e. The molecule has 0 saturated heterocycles. The van der Waals surface area contributed by atoms with Gasteiger partial charge in [0.1, 0.15) is 6.20 Å². The van der Waals surface area contributed by atoms with Crippen LogP contribution in [-0.4, -0.2) is 31.4 Å². The van der Waals surface area contributed by atoms with E-state index < -0.39 is 16.8 Å². The molecule has 0 aromatic carbocycles. The van der Waals surface area contributed by atoms with Crippen LogP contribution in [0.3, 0.4) is 0 Å². The normalized spacial score (nSPS) is 22.3. The monoisotopic (exact) mass is 310 g/mol. The number of hydrogen-bond donors (Lipinski definition) is 2. The smallest absolute Gasteiger partial charge is 0.372 e. The molecule has 1 saturated carbocycles. The van der Waals surface area contributed by atoms with Crippen molar-refractivity contribution in [3.63, 3.8) is 0 Å². The zero-order valence-corrected chi connectivity index (χ0v) is 11.9. The molecular weight excluding hydrogens is 296 g/mol. The number of carboxylic acids is 1. The topological polar surface area (TPSA) is 110 Å². The van der Waals surface area contributed by atoms with Crippen LogP contribution in [0.4, 0.5) is 11.6 Å². The van der Waals surface area contributed by atoms with Gasteiger partial charge in [-0.05, 0) is 17.8 Å². The second kappa shape index (κ2) is 5.32. The summed E-state index contributed by atoms with van der Waals surface area (Å²) in [4.78, 5) is 26.8. The van der Waals surface area contributed by atoms with E-state index in [9.17, 15) is 20.0 Å². The summed E-state index contributed by atoms with van der Waals surface area (Å²) >= 11 is 1.30. The van der Waals surface area contributed by atoms with Gasteiger partial charge >= 0.3 is 11.8 Å². The molecule has 1 aliphatic rings. The summed E-state index contributed by atoms with van der Waals surface area (Å²) in [6, 6.07) is -0.320. The highest BCUT2D eigenvalue weighted by Gasteiger charge is 2.34. The molecule has 2 aromatic rings. The van der Waals surface area contributed by atoms with Gasteiger partial charge in [0, 0.05) is 11.4 Å². The third-order valence-corrected chi connectivity index (χ3v) is 4.57. The number of imidazole rings is 1. The molecular formula is C12H14N4O4S. The lowest BCUT2D eigenvalue weighted by molar-refractivity contribution is -0.389. The molecule has 2 N–H and O–H groups in total. The number of fused-ring (bicyclic) bond motifs is 1. The second-order valence-corrected chi connectivity index (χ2v) is 5.95. The van der Waals surface area contributed by atoms with Gasteiger partial charge in [-0.25, -0.2) is 0 Å². The molecule has 9 heteroatoms. The fourth-order valence-corrected chi connectivity index (χ4v) is 3.53. The van der Waals surface area contributed by atoms with Crippen molar-refractivity contribution in [3.05, 3.63) is 21.7 Å². The van der Waals surface area contributed by atoms with Crippen LogP contribution in [-0.2, 0) is 4.79 Å². The maximum atomic E-state index is 11.3. The van der Waals surface area contributed by atoms with Crippen molar-refractivity contribution in [3.8, 4) is 0 Å². The van der Waals surface area contributed by atoms with Gasteiger partial charge in [-0.2, -0.15) is 9.38 Å². The van der Waals surface area contributed by atoms with Gasteiger partial charge in [0.25, 0.3) is 4.96 Å². The highest BCUT2D eigenvalue weighted by atomic mass is 32.1. The van der Waals surface area contributed by atoms with E-state index in [-0.39, 0.29) is 17.7 Å². The summed E-state index contributed by atoms with van der Waals surface area (Å²) in [6.07, 6.45) is 4.64. The Morgan fingerprint density at radius 3 is 3.00 bits per heavy atom. The van der Waals surface area contributed by atoms with Gasteiger partial charge in [0.2, 0.25) is 5.82 Å². The summed E-state index contributed by atoms with van der Waals surface area (Å²) < 4.78 is 1.41. The van der Waals surface area contributed by atoms with Crippen molar-refractivity contribution in [1.82, 2.24) is 9.38 Å². The first-order valence-corrected chi connectivity index (χ1v) is 7.55. The fraction of sp³-hybridized carbons (Fsp3) is 0.500. The zero-order chi connectivity index (χ0) is 15.0. The number of aliphatic carboxylic acids is 1. The number of aromatic nitrogens is 2. The highest BCUT2D eigenvalue weighted by Crippen LogP contribution is 2.32. The minimum Gasteiger partial charge on any atom is -0.481 e. The molecule has 3 rings (SSSR count). The lowest BCUT2D eigenvalue weighted by atomic mass is 9.84. The molecule has 0 spiro atoms. The van der Waals surface area contributed by atoms with Gasteiger partial charge in [-0.15, -0.1) is 0 Å². The molecule has 0 radical (unpaired) electrons. The fourth-order valence-electron chi connectivity index (χ4n) is 2.82. The van der Waals surface area contributed by atoms with Crippen LogP contribution >= 0.6 is 11.3 Å². The Morgan fingerprint density at radius 2 is 2.29 bits per heavy atom. The van der Waals surface area contributed by atoms with Crippen molar-refractivity contribution >= 4 is 33.9 Å². The lowest BCUT2D eigenvalue weighted by Crippen LogP contribution is -2.37. The molecule has 0 amide bonds. The molecule has 21 heavy (non-hydrogen) atoms. The highest BCUT2D eigenvalue weighted by molar-refractivity contribution is 7.15. The van der Waals surface area contributed by atoms with Gasteiger partial charge < -0.3 is 20.5 Å². The van der Waals surface area contributed by atoms with E-state index in [4.69, 9.17) is 0 Å². The molecule has 1 fully saturated rings. The van der Waals surface area contributed by atoms with Crippen molar-refractivity contribution < 1.29 is 14.8 Å². The Bertz CT molecular complexity index is 695. The van der Waals surface area contributed by atoms with Gasteiger partial charge in [-0.1, -0.05) is 24.2 Å². The largest absolute Gasteiger partial charge is 0.481 e. The predicted molar refractivity (Wildman–Crippen MR) is 76.7 cm³/mol. The van der Waals surface area contributed by atoms with E-state index >= 15 is 0 Å². The van der Waals surface area contributed by atoms with Crippen LogP contribution in [0.5, 0.6) is 0 Å². The number of nitrogens with one attached hydrogen (secondary N) is 1. The number of nitrogens with zero attached hydrogens (tertiary/aromatic N) is 3. The third-order valence-electron chi connectivity index (χ3n) is 3.82. The first kappa shape index (κ1) is 13.8. The average molecular weight is 310 g/mol. The minimum absolute atomic E-state index is 0.138. The van der Waals surface area contributed by atoms with Crippen molar-refractivity contribution in [2.24, 2.45) is 5.92 Å². The third kappa shape index (κ3) is 2.44. The first-order valence-electron chi connectivity index (χ1n) is 6.67. The van der Waals surface area contributed by atoms with Crippen LogP contribution < -0.4 is 5.32 Å². The Balaban J connectivity index is 1.93. The molecule has 112 valence electrons. The van der Waals surface area contributed by atoms with Crippen molar-refractivity contribution in [2.75, 3.05) is 5.32 Å². The quantitative estimate of drug-likeness (QED) is 0.662. The van der Waals surface area contributed by atoms with Gasteiger partial charge in [-0.3, -0.25) is 4.79 Å². The molecule has 0 bridgehead atoms. The van der Waals surface area contributed by atoms with Crippen LogP contribution in [0.15, 0.2) is 11.6 Å². The maximum absolute atomic E-state index is 11.3. The standard InChI is InChI=1S/C12H14N4O4S/c17-11(18)7-3-1-2-4-8(7)13-9-10(16(19)20)15-5-6-21-12(15)14-9/h5-8,13H,1-4H2,(H,17,18). The number of rotatable bonds is 4. The SMILES string of the molecule is O=C(O)C1CCCCC1Nc1nc2sccn2c1[N+](=O)[O-]. The van der Waals surface area contributed by atoms with Crippen molar-refractivity contribution in [2.45, 2.75) is 31.7 Å². The summed E-state index contributed by atoms with van der Waals surface area (Å²) in [7, 11) is 0. The van der Waals surface area contributed by atoms with E-state index in [1.54, 1.807) is 11.6 Å². The summed E-state index contributed by atoms with van der Waals surface area (Å²) in [6.45, 7) is 0. The van der Waals surface area contributed by atoms with E-state index in [2.05, 4.69) is 10.3 Å². The molecule has 0 aliphatic heterocycles. The average Bonchev–Trinajstić information content (AvgIpc) is 2.98. The molecule has 1 aliphatic carbocycles. The zero-order valence-electron chi connectivity index (χ0n) is 11.1. The van der Waals surface area contributed by atoms with Crippen LogP contribution in [0.1, 0.15) is 25.7 Å². The first-order chi connectivity index (χ1) is 10.1. The van der Waals surface area contributed by atoms with E-state index in [1.165, 1.54) is 15.7 Å². The molecule has 2 heterocycles. The summed E-state index contributed by atoms with van der Waals surface area (Å²) in [5.74, 6) is -1.38. The second-order valence-electron chi connectivity index (χ2n) is 5.08. The minimum atomic E-state index is -0.865. The molecule has 2 unspecified atom stereocenters. The summed E-state index contributed by atoms with van der Waals surface area (Å²) in [5, 5.41) is 25.2. The Hall–Kier alpha value is -2.16. The molecule has 2 aromatic heterocycles. The number of thiazole rings is 1. The van der Waals surface area contributed by atoms with Gasteiger partial charge in [0.05, 0.1) is 5.92 Å². The lowest BCUT2D eigenvalue weighted by Gasteiger charge is -2.28. The van der Waals surface area contributed by atoms with E-state index in [1.807, 2.05) is 0 Å². The summed E-state index contributed by atoms with van der Waals surface area (Å²) in [5.41, 5.74) is 0. The Labute approximate surface area is 123 Å². The van der Waals surface area contributed by atoms with Gasteiger partial charge in [0.15, 0.2) is 0 Å². The van der Waals surface area contributed by atoms with E-state index in [0.29, 0.717) is 17.8 Å². The number of hydrogen-bond acceptors (Lipinski definition) is 6. The number of carboxylic acid groups (broad SMARTS) is 1. The number of nitro groups is 1. The Kier molecular flexibility index (Phi) is 3.50. The molecule has 8 nitrogen and oxygen atoms in total. The van der Waals surface area contributed by atoms with Crippen molar-refractivity contribution in [1.29, 1.82) is 0 Å². The van der Waals surface area contributed by atoms with Crippen LogP contribution in [0.25, 0.3) is 4.96 Å².